The second kappa shape index (κ2) is 7.14. The summed E-state index contributed by atoms with van der Waals surface area (Å²) < 4.78 is 25.2. The molecule has 23 heavy (non-hydrogen) atoms. The predicted molar refractivity (Wildman–Crippen MR) is 89.9 cm³/mol. The fourth-order valence-corrected chi connectivity index (χ4v) is 2.98. The second-order valence-electron chi connectivity index (χ2n) is 4.63. The fourth-order valence-electron chi connectivity index (χ4n) is 1.90. The number of hydrogen-bond acceptors (Lipinski definition) is 5. The highest BCUT2D eigenvalue weighted by molar-refractivity contribution is 9.10. The highest BCUT2D eigenvalue weighted by atomic mass is 79.9. The summed E-state index contributed by atoms with van der Waals surface area (Å²) in [5.74, 6) is 1.34. The number of benzene rings is 2. The van der Waals surface area contributed by atoms with Gasteiger partial charge in [0.1, 0.15) is 11.6 Å². The molecule has 0 saturated carbocycles. The topological polar surface area (TPSA) is 48.2 Å². The minimum absolute atomic E-state index is 0.262. The van der Waals surface area contributed by atoms with Crippen molar-refractivity contribution in [2.24, 2.45) is 0 Å². The normalized spacial score (nSPS) is 10.7. The van der Waals surface area contributed by atoms with Gasteiger partial charge in [-0.2, -0.15) is 0 Å². The SMILES string of the molecule is COc1ccc(-c2nnc(SCc3ccc(Br)cc3F)o2)cc1. The average Bonchev–Trinajstić information content (AvgIpc) is 3.03. The lowest BCUT2D eigenvalue weighted by Crippen LogP contribution is -1.87. The van der Waals surface area contributed by atoms with Crippen molar-refractivity contribution in [2.75, 3.05) is 7.11 Å². The second-order valence-corrected chi connectivity index (χ2v) is 6.47. The maximum atomic E-state index is 13.8. The molecule has 0 aliphatic rings. The zero-order chi connectivity index (χ0) is 16.2. The van der Waals surface area contributed by atoms with E-state index in [2.05, 4.69) is 26.1 Å². The maximum Gasteiger partial charge on any atom is 0.277 e. The lowest BCUT2D eigenvalue weighted by Gasteiger charge is -2.01. The van der Waals surface area contributed by atoms with Crippen molar-refractivity contribution >= 4 is 27.7 Å². The van der Waals surface area contributed by atoms with Gasteiger partial charge in [-0.3, -0.25) is 0 Å². The first-order chi connectivity index (χ1) is 11.2. The van der Waals surface area contributed by atoms with Crippen LogP contribution in [0.5, 0.6) is 5.75 Å². The summed E-state index contributed by atoms with van der Waals surface area (Å²) >= 11 is 4.53. The minimum Gasteiger partial charge on any atom is -0.497 e. The maximum absolute atomic E-state index is 13.8. The van der Waals surface area contributed by atoms with Crippen molar-refractivity contribution in [3.05, 3.63) is 58.3 Å². The van der Waals surface area contributed by atoms with E-state index in [1.54, 1.807) is 19.2 Å². The van der Waals surface area contributed by atoms with Gasteiger partial charge in [0, 0.05) is 15.8 Å². The van der Waals surface area contributed by atoms with Gasteiger partial charge in [0.25, 0.3) is 5.22 Å². The summed E-state index contributed by atoms with van der Waals surface area (Å²) in [6.45, 7) is 0. The molecule has 7 heteroatoms. The summed E-state index contributed by atoms with van der Waals surface area (Å²) in [6.07, 6.45) is 0. The third-order valence-electron chi connectivity index (χ3n) is 3.11. The van der Waals surface area contributed by atoms with E-state index in [1.807, 2.05) is 24.3 Å². The van der Waals surface area contributed by atoms with Gasteiger partial charge in [0.05, 0.1) is 7.11 Å². The molecule has 2 aromatic carbocycles. The molecule has 0 bridgehead atoms. The van der Waals surface area contributed by atoms with Crippen molar-refractivity contribution in [1.29, 1.82) is 0 Å². The number of thioether (sulfide) groups is 1. The van der Waals surface area contributed by atoms with E-state index in [0.29, 0.717) is 26.9 Å². The summed E-state index contributed by atoms with van der Waals surface area (Å²) in [6, 6.07) is 12.3. The Morgan fingerprint density at radius 1 is 1.17 bits per heavy atom. The molecule has 3 aromatic rings. The molecule has 0 aliphatic heterocycles. The molecule has 3 rings (SSSR count). The van der Waals surface area contributed by atoms with E-state index < -0.39 is 0 Å². The van der Waals surface area contributed by atoms with E-state index in [4.69, 9.17) is 9.15 Å². The summed E-state index contributed by atoms with van der Waals surface area (Å²) in [4.78, 5) is 0. The number of methoxy groups -OCH3 is 1. The number of nitrogens with zero attached hydrogens (tertiary/aromatic N) is 2. The molecule has 1 aromatic heterocycles. The van der Waals surface area contributed by atoms with Gasteiger partial charge in [-0.1, -0.05) is 33.8 Å². The van der Waals surface area contributed by atoms with Gasteiger partial charge in [-0.25, -0.2) is 4.39 Å². The molecule has 0 unspecified atom stereocenters. The highest BCUT2D eigenvalue weighted by Gasteiger charge is 2.11. The predicted octanol–water partition coefficient (Wildman–Crippen LogP) is 4.94. The molecule has 118 valence electrons. The molecule has 0 radical (unpaired) electrons. The lowest BCUT2D eigenvalue weighted by atomic mass is 10.2. The molecular weight excluding hydrogens is 383 g/mol. The van der Waals surface area contributed by atoms with Crippen molar-refractivity contribution in [3.8, 4) is 17.2 Å². The molecule has 0 aliphatic carbocycles. The first-order valence-corrected chi connectivity index (χ1v) is 8.48. The van der Waals surface area contributed by atoms with Crippen LogP contribution in [0.2, 0.25) is 0 Å². The summed E-state index contributed by atoms with van der Waals surface area (Å²) in [7, 11) is 1.61. The largest absolute Gasteiger partial charge is 0.497 e. The van der Waals surface area contributed by atoms with Crippen LogP contribution in [-0.4, -0.2) is 17.3 Å². The standard InChI is InChI=1S/C16H12BrFN2O2S/c1-21-13-6-3-10(4-7-13)15-19-20-16(22-15)23-9-11-2-5-12(17)8-14(11)18/h2-8H,9H2,1H3. The van der Waals surface area contributed by atoms with Crippen LogP contribution in [0.1, 0.15) is 5.56 Å². The van der Waals surface area contributed by atoms with Crippen LogP contribution >= 0.6 is 27.7 Å². The van der Waals surface area contributed by atoms with Gasteiger partial charge in [0.15, 0.2) is 0 Å². The average molecular weight is 395 g/mol. The van der Waals surface area contributed by atoms with Gasteiger partial charge >= 0.3 is 0 Å². The Bertz CT molecular complexity index is 808. The number of ether oxygens (including phenoxy) is 1. The summed E-state index contributed by atoms with van der Waals surface area (Å²) in [5, 5.41) is 8.39. The molecule has 0 atom stereocenters. The third kappa shape index (κ3) is 3.92. The van der Waals surface area contributed by atoms with Crippen LogP contribution in [-0.2, 0) is 5.75 Å². The van der Waals surface area contributed by atoms with E-state index in [0.717, 1.165) is 11.3 Å². The highest BCUT2D eigenvalue weighted by Crippen LogP contribution is 2.28. The van der Waals surface area contributed by atoms with Gasteiger partial charge in [0.2, 0.25) is 5.89 Å². The van der Waals surface area contributed by atoms with Crippen molar-refractivity contribution in [3.63, 3.8) is 0 Å². The van der Waals surface area contributed by atoms with E-state index in [-0.39, 0.29) is 5.82 Å². The van der Waals surface area contributed by atoms with Crippen LogP contribution in [0.4, 0.5) is 4.39 Å². The van der Waals surface area contributed by atoms with Crippen LogP contribution in [0.25, 0.3) is 11.5 Å². The molecule has 0 spiro atoms. The van der Waals surface area contributed by atoms with Gasteiger partial charge < -0.3 is 9.15 Å². The van der Waals surface area contributed by atoms with Gasteiger partial charge in [-0.05, 0) is 42.0 Å². The molecule has 0 N–H and O–H groups in total. The van der Waals surface area contributed by atoms with Crippen molar-refractivity contribution in [2.45, 2.75) is 11.0 Å². The first-order valence-electron chi connectivity index (χ1n) is 6.70. The van der Waals surface area contributed by atoms with Gasteiger partial charge in [-0.15, -0.1) is 10.2 Å². The van der Waals surface area contributed by atoms with Crippen LogP contribution in [0.3, 0.4) is 0 Å². The smallest absolute Gasteiger partial charge is 0.277 e. The Morgan fingerprint density at radius 3 is 2.65 bits per heavy atom. The third-order valence-corrected chi connectivity index (χ3v) is 4.47. The Hall–Kier alpha value is -1.86. The van der Waals surface area contributed by atoms with Crippen molar-refractivity contribution < 1.29 is 13.5 Å². The number of aromatic nitrogens is 2. The van der Waals surface area contributed by atoms with E-state index >= 15 is 0 Å². The molecule has 4 nitrogen and oxygen atoms in total. The quantitative estimate of drug-likeness (QED) is 0.573. The van der Waals surface area contributed by atoms with Crippen LogP contribution in [0.15, 0.2) is 56.6 Å². The Balaban J connectivity index is 1.69. The minimum atomic E-state index is -0.262. The lowest BCUT2D eigenvalue weighted by molar-refractivity contribution is 0.414. The molecule has 0 saturated heterocycles. The van der Waals surface area contributed by atoms with Crippen molar-refractivity contribution in [1.82, 2.24) is 10.2 Å². The van der Waals surface area contributed by atoms with Crippen LogP contribution in [0, 0.1) is 5.82 Å². The Morgan fingerprint density at radius 2 is 1.96 bits per heavy atom. The number of hydrogen-bond donors (Lipinski definition) is 0. The number of rotatable bonds is 5. The van der Waals surface area contributed by atoms with E-state index in [1.165, 1.54) is 17.8 Å². The monoisotopic (exact) mass is 394 g/mol. The molecular formula is C16H12BrFN2O2S. The zero-order valence-electron chi connectivity index (χ0n) is 12.1. The molecule has 1 heterocycles. The molecule has 0 fully saturated rings. The fraction of sp³-hybridized carbons (Fsp3) is 0.125. The van der Waals surface area contributed by atoms with E-state index in [9.17, 15) is 4.39 Å². The summed E-state index contributed by atoms with van der Waals surface area (Å²) in [5.41, 5.74) is 1.39. The first kappa shape index (κ1) is 16.0. The number of halogens is 2. The molecule has 0 amide bonds. The van der Waals surface area contributed by atoms with Crippen LogP contribution < -0.4 is 4.74 Å². The Labute approximate surface area is 145 Å². The Kier molecular flexibility index (Phi) is 4.97. The zero-order valence-corrected chi connectivity index (χ0v) is 14.5.